The fourth-order valence-electron chi connectivity index (χ4n) is 3.92. The molecule has 0 spiro atoms. The molecule has 0 fully saturated rings. The Bertz CT molecular complexity index is 1420. The second kappa shape index (κ2) is 13.6. The topological polar surface area (TPSA) is 130 Å². The molecule has 0 radical (unpaired) electrons. The molecule has 0 aliphatic carbocycles. The van der Waals surface area contributed by atoms with Crippen molar-refractivity contribution in [3.8, 4) is 0 Å². The molecule has 0 aromatic heterocycles. The van der Waals surface area contributed by atoms with E-state index < -0.39 is 42.2 Å². The van der Waals surface area contributed by atoms with Crippen molar-refractivity contribution in [3.05, 3.63) is 96.6 Å². The van der Waals surface area contributed by atoms with Gasteiger partial charge in [0.25, 0.3) is 0 Å². The Labute approximate surface area is 232 Å². The highest BCUT2D eigenvalue weighted by atomic mass is 32.2. The molecule has 0 saturated heterocycles. The van der Waals surface area contributed by atoms with Crippen LogP contribution in [0.4, 0.5) is 0 Å². The van der Waals surface area contributed by atoms with E-state index in [1.807, 2.05) is 0 Å². The van der Waals surface area contributed by atoms with E-state index in [9.17, 15) is 25.3 Å². The van der Waals surface area contributed by atoms with Crippen LogP contribution in [-0.4, -0.2) is 54.7 Å². The maximum atomic E-state index is 13.4. The van der Waals surface area contributed by atoms with Gasteiger partial charge in [-0.05, 0) is 56.5 Å². The van der Waals surface area contributed by atoms with Gasteiger partial charge in [-0.1, -0.05) is 66.7 Å². The third kappa shape index (κ3) is 9.52. The molecule has 3 rings (SSSR count). The van der Waals surface area contributed by atoms with Crippen molar-refractivity contribution in [2.75, 3.05) is 13.1 Å². The van der Waals surface area contributed by atoms with Gasteiger partial charge in [-0.3, -0.25) is 0 Å². The van der Waals surface area contributed by atoms with Crippen molar-refractivity contribution in [2.45, 2.75) is 54.3 Å². The van der Waals surface area contributed by atoms with Crippen LogP contribution in [0.2, 0.25) is 0 Å². The predicted molar refractivity (Wildman–Crippen MR) is 152 cm³/mol. The number of sulfonamides is 3. The van der Waals surface area contributed by atoms with Crippen LogP contribution in [0.25, 0.3) is 0 Å². The minimum atomic E-state index is -3.78. The first kappa shape index (κ1) is 30.9. The first-order valence-corrected chi connectivity index (χ1v) is 17.1. The van der Waals surface area contributed by atoms with Crippen molar-refractivity contribution in [1.82, 2.24) is 13.7 Å². The summed E-state index contributed by atoms with van der Waals surface area (Å²) in [6.45, 7) is 3.48. The minimum Gasteiger partial charge on any atom is -0.212 e. The molecule has 212 valence electrons. The maximum absolute atomic E-state index is 13.4. The van der Waals surface area contributed by atoms with Gasteiger partial charge in [-0.2, -0.15) is 0 Å². The molecular weight excluding hydrogens is 559 g/mol. The van der Waals surface area contributed by atoms with Gasteiger partial charge in [-0.15, -0.1) is 0 Å². The van der Waals surface area contributed by atoms with Gasteiger partial charge in [-0.25, -0.2) is 39.0 Å². The molecule has 0 saturated carbocycles. The molecule has 0 aliphatic rings. The second-order valence-corrected chi connectivity index (χ2v) is 14.8. The van der Waals surface area contributed by atoms with Crippen LogP contribution in [0.15, 0.2) is 101 Å². The van der Waals surface area contributed by atoms with E-state index in [0.717, 1.165) is 0 Å². The normalized spacial score (nSPS) is 14.2. The first-order valence-electron chi connectivity index (χ1n) is 12.6. The summed E-state index contributed by atoms with van der Waals surface area (Å²) in [5.74, 6) is -0.220. The smallest absolute Gasteiger partial charge is 0.212 e. The predicted octanol–water partition coefficient (Wildman–Crippen LogP) is 3.33. The van der Waals surface area contributed by atoms with Crippen molar-refractivity contribution in [2.24, 2.45) is 0 Å². The third-order valence-corrected chi connectivity index (χ3v) is 11.1. The zero-order chi connectivity index (χ0) is 28.5. The maximum Gasteiger partial charge on any atom is 0.240 e. The summed E-state index contributed by atoms with van der Waals surface area (Å²) in [5.41, 5.74) is 0.623. The first-order chi connectivity index (χ1) is 18.4. The highest BCUT2D eigenvalue weighted by Gasteiger charge is 2.26. The number of nitrogens with zero attached hydrogens (tertiary/aromatic N) is 1. The zero-order valence-electron chi connectivity index (χ0n) is 22.0. The summed E-state index contributed by atoms with van der Waals surface area (Å²) >= 11 is 0. The fraction of sp³-hybridized carbons (Fsp3) is 0.333. The van der Waals surface area contributed by atoms with E-state index in [1.54, 1.807) is 80.6 Å². The Hall–Kier alpha value is -2.61. The van der Waals surface area contributed by atoms with E-state index in [0.29, 0.717) is 5.56 Å². The molecule has 3 aromatic carbocycles. The van der Waals surface area contributed by atoms with Gasteiger partial charge >= 0.3 is 0 Å². The van der Waals surface area contributed by atoms with E-state index in [4.69, 9.17) is 0 Å². The molecule has 3 aromatic rings. The number of benzene rings is 3. The molecule has 39 heavy (non-hydrogen) atoms. The van der Waals surface area contributed by atoms with Gasteiger partial charge in [0.1, 0.15) is 0 Å². The van der Waals surface area contributed by atoms with Crippen molar-refractivity contribution < 1.29 is 25.3 Å². The zero-order valence-corrected chi connectivity index (χ0v) is 24.4. The molecule has 2 N–H and O–H groups in total. The van der Waals surface area contributed by atoms with Crippen LogP contribution < -0.4 is 9.44 Å². The SMILES string of the molecule is CC(CCN(CCC(C)NS(=O)(=O)c1ccccc1)S(=O)(=O)Cc1ccccc1)NS(=O)(=O)c1ccccc1. The Morgan fingerprint density at radius 1 is 0.590 bits per heavy atom. The summed E-state index contributed by atoms with van der Waals surface area (Å²) in [5, 5.41) is 0. The Balaban J connectivity index is 1.69. The summed E-state index contributed by atoms with van der Waals surface area (Å²) in [7, 11) is -11.3. The lowest BCUT2D eigenvalue weighted by Crippen LogP contribution is -2.41. The quantitative estimate of drug-likeness (QED) is 0.278. The molecule has 0 bridgehead atoms. The van der Waals surface area contributed by atoms with Crippen LogP contribution >= 0.6 is 0 Å². The van der Waals surface area contributed by atoms with Crippen LogP contribution in [-0.2, 0) is 35.8 Å². The van der Waals surface area contributed by atoms with Gasteiger partial charge in [0.2, 0.25) is 30.1 Å². The van der Waals surface area contributed by atoms with E-state index in [-0.39, 0.29) is 41.5 Å². The van der Waals surface area contributed by atoms with E-state index in [1.165, 1.54) is 28.6 Å². The molecule has 0 heterocycles. The van der Waals surface area contributed by atoms with Crippen molar-refractivity contribution >= 4 is 30.1 Å². The summed E-state index contributed by atoms with van der Waals surface area (Å²) in [6.07, 6.45) is 0.453. The number of hydrogen-bond acceptors (Lipinski definition) is 6. The van der Waals surface area contributed by atoms with Gasteiger partial charge in [0, 0.05) is 25.2 Å². The molecule has 2 unspecified atom stereocenters. The average molecular weight is 594 g/mol. The molecule has 0 amide bonds. The van der Waals surface area contributed by atoms with E-state index >= 15 is 0 Å². The fourth-order valence-corrected chi connectivity index (χ4v) is 8.09. The molecule has 0 aliphatic heterocycles. The molecule has 12 heteroatoms. The van der Waals surface area contributed by atoms with Gasteiger partial charge < -0.3 is 0 Å². The largest absolute Gasteiger partial charge is 0.240 e. The summed E-state index contributed by atoms with van der Waals surface area (Å²) in [6, 6.07) is 23.6. The minimum absolute atomic E-state index is 0.0613. The lowest BCUT2D eigenvalue weighted by molar-refractivity contribution is 0.369. The number of rotatable bonds is 15. The lowest BCUT2D eigenvalue weighted by atomic mass is 10.2. The third-order valence-electron chi connectivity index (χ3n) is 6.03. The number of nitrogens with one attached hydrogen (secondary N) is 2. The monoisotopic (exact) mass is 593 g/mol. The van der Waals surface area contributed by atoms with Crippen molar-refractivity contribution in [3.63, 3.8) is 0 Å². The van der Waals surface area contributed by atoms with Crippen molar-refractivity contribution in [1.29, 1.82) is 0 Å². The lowest BCUT2D eigenvalue weighted by Gasteiger charge is -2.25. The Kier molecular flexibility index (Phi) is 10.8. The second-order valence-electron chi connectivity index (χ2n) is 9.39. The Morgan fingerprint density at radius 3 is 1.33 bits per heavy atom. The van der Waals surface area contributed by atoms with Crippen LogP contribution in [0, 0.1) is 0 Å². The average Bonchev–Trinajstić information content (AvgIpc) is 2.89. The molecular formula is C27H35N3O6S3. The van der Waals surface area contributed by atoms with E-state index in [2.05, 4.69) is 9.44 Å². The molecule has 9 nitrogen and oxygen atoms in total. The number of hydrogen-bond donors (Lipinski definition) is 2. The van der Waals surface area contributed by atoms with Gasteiger partial charge in [0.15, 0.2) is 0 Å². The Morgan fingerprint density at radius 2 is 0.949 bits per heavy atom. The highest BCUT2D eigenvalue weighted by molar-refractivity contribution is 7.90. The summed E-state index contributed by atoms with van der Waals surface area (Å²) < 4.78 is 84.0. The van der Waals surface area contributed by atoms with Gasteiger partial charge in [0.05, 0.1) is 15.5 Å². The van der Waals surface area contributed by atoms with Crippen LogP contribution in [0.3, 0.4) is 0 Å². The molecule has 2 atom stereocenters. The summed E-state index contributed by atoms with van der Waals surface area (Å²) in [4.78, 5) is 0.259. The standard InChI is InChI=1S/C27H35N3O6S3/c1-23(28-38(33,34)26-14-8-4-9-15-26)18-20-30(37(31,32)22-25-12-6-3-7-13-25)21-19-24(2)29-39(35,36)27-16-10-5-11-17-27/h3-17,23-24,28-29H,18-22H2,1-2H3. The van der Waals surface area contributed by atoms with Crippen LogP contribution in [0.1, 0.15) is 32.3 Å². The van der Waals surface area contributed by atoms with Crippen LogP contribution in [0.5, 0.6) is 0 Å². The highest BCUT2D eigenvalue weighted by Crippen LogP contribution is 2.16.